The van der Waals surface area contributed by atoms with Crippen molar-refractivity contribution in [2.75, 3.05) is 5.75 Å². The minimum absolute atomic E-state index is 0.0813. The van der Waals surface area contributed by atoms with Crippen molar-refractivity contribution in [2.45, 2.75) is 38.1 Å². The number of rotatable bonds is 4. The normalized spacial score (nSPS) is 20.9. The number of hydrogen-bond acceptors (Lipinski definition) is 3. The summed E-state index contributed by atoms with van der Waals surface area (Å²) in [5.41, 5.74) is -1.24. The van der Waals surface area contributed by atoms with Crippen molar-refractivity contribution in [3.63, 3.8) is 0 Å². The maximum absolute atomic E-state index is 11.3. The standard InChI is InChI=1S/C8H15NO4S/c1-2-14(12,13)9-8(7(10)11)5-3-4-6-8/h9H,2-6H2,1H3,(H,10,11). The molecule has 5 nitrogen and oxygen atoms in total. The van der Waals surface area contributed by atoms with Gasteiger partial charge in [-0.1, -0.05) is 12.8 Å². The van der Waals surface area contributed by atoms with E-state index in [9.17, 15) is 13.2 Å². The molecule has 1 fully saturated rings. The van der Waals surface area contributed by atoms with Gasteiger partial charge in [-0.2, -0.15) is 4.72 Å². The van der Waals surface area contributed by atoms with E-state index in [0.717, 1.165) is 12.8 Å². The molecule has 1 saturated carbocycles. The van der Waals surface area contributed by atoms with Gasteiger partial charge in [0.1, 0.15) is 5.54 Å². The van der Waals surface area contributed by atoms with Gasteiger partial charge in [-0.25, -0.2) is 8.42 Å². The van der Waals surface area contributed by atoms with Gasteiger partial charge in [0.2, 0.25) is 10.0 Å². The molecule has 0 aromatic heterocycles. The molecule has 0 spiro atoms. The van der Waals surface area contributed by atoms with Gasteiger partial charge in [-0.05, 0) is 19.8 Å². The third kappa shape index (κ3) is 2.24. The van der Waals surface area contributed by atoms with E-state index in [1.807, 2.05) is 0 Å². The van der Waals surface area contributed by atoms with E-state index in [2.05, 4.69) is 4.72 Å². The van der Waals surface area contributed by atoms with Gasteiger partial charge in [0.15, 0.2) is 0 Å². The summed E-state index contributed by atoms with van der Waals surface area (Å²) < 4.78 is 24.9. The van der Waals surface area contributed by atoms with E-state index in [1.54, 1.807) is 0 Å². The molecule has 0 heterocycles. The van der Waals surface area contributed by atoms with Gasteiger partial charge in [0.05, 0.1) is 5.75 Å². The summed E-state index contributed by atoms with van der Waals surface area (Å²) in [5.74, 6) is -1.14. The molecule has 82 valence electrons. The topological polar surface area (TPSA) is 83.5 Å². The number of nitrogens with one attached hydrogen (secondary N) is 1. The molecular formula is C8H15NO4S. The summed E-state index contributed by atoms with van der Waals surface area (Å²) in [7, 11) is -3.44. The number of carboxylic acids is 1. The highest BCUT2D eigenvalue weighted by Crippen LogP contribution is 2.30. The fraction of sp³-hybridized carbons (Fsp3) is 0.875. The van der Waals surface area contributed by atoms with Gasteiger partial charge in [0.25, 0.3) is 0 Å². The zero-order valence-corrected chi connectivity index (χ0v) is 8.93. The van der Waals surface area contributed by atoms with E-state index in [4.69, 9.17) is 5.11 Å². The molecule has 0 radical (unpaired) electrons. The maximum atomic E-state index is 11.3. The van der Waals surface area contributed by atoms with Gasteiger partial charge >= 0.3 is 5.97 Å². The minimum Gasteiger partial charge on any atom is -0.480 e. The first-order chi connectivity index (χ1) is 6.42. The molecule has 0 aromatic rings. The average Bonchev–Trinajstić information content (AvgIpc) is 2.53. The lowest BCUT2D eigenvalue weighted by Gasteiger charge is -2.24. The predicted molar refractivity (Wildman–Crippen MR) is 51.4 cm³/mol. The van der Waals surface area contributed by atoms with Crippen molar-refractivity contribution >= 4 is 16.0 Å². The summed E-state index contributed by atoms with van der Waals surface area (Å²) in [6.07, 6.45) is 2.31. The van der Waals surface area contributed by atoms with Gasteiger partial charge in [-0.15, -0.1) is 0 Å². The average molecular weight is 221 g/mol. The molecule has 0 bridgehead atoms. The Kier molecular flexibility index (Phi) is 3.16. The lowest BCUT2D eigenvalue weighted by atomic mass is 10.0. The van der Waals surface area contributed by atoms with Crippen LogP contribution in [0.1, 0.15) is 32.6 Å². The zero-order valence-electron chi connectivity index (χ0n) is 8.12. The highest BCUT2D eigenvalue weighted by atomic mass is 32.2. The predicted octanol–water partition coefficient (Wildman–Crippen LogP) is 0.323. The number of carboxylic acid groups (broad SMARTS) is 1. The lowest BCUT2D eigenvalue weighted by molar-refractivity contribution is -0.143. The van der Waals surface area contributed by atoms with Crippen molar-refractivity contribution in [3.05, 3.63) is 0 Å². The first-order valence-electron chi connectivity index (χ1n) is 4.67. The maximum Gasteiger partial charge on any atom is 0.324 e. The Bertz CT molecular complexity index is 316. The largest absolute Gasteiger partial charge is 0.480 e. The minimum atomic E-state index is -3.44. The Hall–Kier alpha value is -0.620. The van der Waals surface area contributed by atoms with Crippen LogP contribution in [-0.4, -0.2) is 30.8 Å². The van der Waals surface area contributed by atoms with E-state index in [0.29, 0.717) is 12.8 Å². The molecule has 1 rings (SSSR count). The summed E-state index contributed by atoms with van der Waals surface area (Å²) in [5, 5.41) is 9.00. The first-order valence-corrected chi connectivity index (χ1v) is 6.32. The molecular weight excluding hydrogens is 206 g/mol. The van der Waals surface area contributed by atoms with Crippen LogP contribution in [-0.2, 0) is 14.8 Å². The van der Waals surface area contributed by atoms with Gasteiger partial charge in [-0.3, -0.25) is 4.79 Å². The lowest BCUT2D eigenvalue weighted by Crippen LogP contribution is -2.52. The Morgan fingerprint density at radius 2 is 1.93 bits per heavy atom. The second-order valence-corrected chi connectivity index (χ2v) is 5.61. The molecule has 0 atom stereocenters. The third-order valence-corrected chi connectivity index (χ3v) is 4.06. The van der Waals surface area contributed by atoms with Crippen LogP contribution in [0.5, 0.6) is 0 Å². The molecule has 1 aliphatic carbocycles. The summed E-state index contributed by atoms with van der Waals surface area (Å²) >= 11 is 0. The molecule has 0 saturated heterocycles. The van der Waals surface area contributed by atoms with Crippen LogP contribution in [0, 0.1) is 0 Å². The SMILES string of the molecule is CCS(=O)(=O)NC1(C(=O)O)CCCC1. The highest BCUT2D eigenvalue weighted by molar-refractivity contribution is 7.89. The molecule has 0 amide bonds. The number of hydrogen-bond donors (Lipinski definition) is 2. The van der Waals surface area contributed by atoms with Gasteiger partial charge < -0.3 is 5.11 Å². The smallest absolute Gasteiger partial charge is 0.324 e. The molecule has 1 aliphatic rings. The third-order valence-electron chi connectivity index (χ3n) is 2.60. The Labute approximate surface area is 83.6 Å². The molecule has 2 N–H and O–H groups in total. The van der Waals surface area contributed by atoms with Crippen LogP contribution in [0.2, 0.25) is 0 Å². The number of aliphatic carboxylic acids is 1. The van der Waals surface area contributed by atoms with Crippen molar-refractivity contribution < 1.29 is 18.3 Å². The fourth-order valence-corrected chi connectivity index (χ4v) is 2.74. The Morgan fingerprint density at radius 1 is 1.43 bits per heavy atom. The summed E-state index contributed by atoms with van der Waals surface area (Å²) in [6.45, 7) is 1.49. The summed E-state index contributed by atoms with van der Waals surface area (Å²) in [4.78, 5) is 11.0. The van der Waals surface area contributed by atoms with E-state index in [1.165, 1.54) is 6.92 Å². The molecule has 0 aliphatic heterocycles. The van der Waals surface area contributed by atoms with E-state index >= 15 is 0 Å². The van der Waals surface area contributed by atoms with Crippen molar-refractivity contribution in [2.24, 2.45) is 0 Å². The monoisotopic (exact) mass is 221 g/mol. The van der Waals surface area contributed by atoms with Crippen molar-refractivity contribution in [1.82, 2.24) is 4.72 Å². The quantitative estimate of drug-likeness (QED) is 0.716. The van der Waals surface area contributed by atoms with Crippen LogP contribution >= 0.6 is 0 Å². The van der Waals surface area contributed by atoms with E-state index in [-0.39, 0.29) is 5.75 Å². The number of carbonyl (C=O) groups is 1. The van der Waals surface area contributed by atoms with Crippen molar-refractivity contribution in [3.8, 4) is 0 Å². The number of sulfonamides is 1. The molecule has 14 heavy (non-hydrogen) atoms. The van der Waals surface area contributed by atoms with Crippen LogP contribution in [0.15, 0.2) is 0 Å². The zero-order chi connectivity index (χ0) is 10.8. The van der Waals surface area contributed by atoms with Crippen LogP contribution in [0.3, 0.4) is 0 Å². The van der Waals surface area contributed by atoms with Crippen LogP contribution in [0.25, 0.3) is 0 Å². The first kappa shape index (κ1) is 11.5. The molecule has 0 aromatic carbocycles. The second kappa shape index (κ2) is 3.86. The van der Waals surface area contributed by atoms with Crippen molar-refractivity contribution in [1.29, 1.82) is 0 Å². The highest BCUT2D eigenvalue weighted by Gasteiger charge is 2.43. The summed E-state index contributed by atoms with van der Waals surface area (Å²) in [6, 6.07) is 0. The second-order valence-electron chi connectivity index (χ2n) is 3.60. The molecule has 0 unspecified atom stereocenters. The van der Waals surface area contributed by atoms with Crippen LogP contribution < -0.4 is 4.72 Å². The Balaban J connectivity index is 2.86. The van der Waals surface area contributed by atoms with Gasteiger partial charge in [0, 0.05) is 0 Å². The van der Waals surface area contributed by atoms with E-state index < -0.39 is 21.5 Å². The Morgan fingerprint density at radius 3 is 2.29 bits per heavy atom. The fourth-order valence-electron chi connectivity index (χ4n) is 1.71. The molecule has 6 heteroatoms. The van der Waals surface area contributed by atoms with Crippen LogP contribution in [0.4, 0.5) is 0 Å².